The Morgan fingerprint density at radius 3 is 3.14 bits per heavy atom. The van der Waals surface area contributed by atoms with E-state index in [1.54, 1.807) is 16.0 Å². The van der Waals surface area contributed by atoms with E-state index in [1.165, 1.54) is 12.8 Å². The summed E-state index contributed by atoms with van der Waals surface area (Å²) in [5, 5.41) is 2.24. The number of hydrogen-bond acceptors (Lipinski definition) is 2. The van der Waals surface area contributed by atoms with E-state index in [0.29, 0.717) is 12.1 Å². The smallest absolute Gasteiger partial charge is 0.0484 e. The van der Waals surface area contributed by atoms with Gasteiger partial charge in [-0.05, 0) is 43.8 Å². The second kappa shape index (κ2) is 2.94. The van der Waals surface area contributed by atoms with Gasteiger partial charge in [0.05, 0.1) is 0 Å². The van der Waals surface area contributed by atoms with Crippen molar-refractivity contribution in [1.29, 1.82) is 0 Å². The van der Waals surface area contributed by atoms with Crippen molar-refractivity contribution >= 4 is 11.3 Å². The molecule has 0 saturated heterocycles. The van der Waals surface area contributed by atoms with Crippen molar-refractivity contribution in [2.45, 2.75) is 31.8 Å². The van der Waals surface area contributed by atoms with Crippen molar-refractivity contribution in [2.24, 2.45) is 0 Å². The third-order valence-electron chi connectivity index (χ3n) is 3.52. The molecular formula is C12H15NS. The lowest BCUT2D eigenvalue weighted by Crippen LogP contribution is -2.41. The largest absolute Gasteiger partial charge is 0.291 e. The maximum absolute atomic E-state index is 2.53. The van der Waals surface area contributed by atoms with E-state index in [4.69, 9.17) is 0 Å². The molecule has 0 saturated carbocycles. The molecule has 0 N–H and O–H groups in total. The highest BCUT2D eigenvalue weighted by atomic mass is 32.1. The molecule has 14 heavy (non-hydrogen) atoms. The molecule has 0 fully saturated rings. The minimum atomic E-state index is 0.649. The second-order valence-corrected chi connectivity index (χ2v) is 5.43. The van der Waals surface area contributed by atoms with E-state index in [0.717, 1.165) is 0 Å². The van der Waals surface area contributed by atoms with Crippen molar-refractivity contribution in [1.82, 2.24) is 4.90 Å². The van der Waals surface area contributed by atoms with Gasteiger partial charge in [0, 0.05) is 17.0 Å². The van der Waals surface area contributed by atoms with Crippen LogP contribution in [0.25, 0.3) is 0 Å². The molecule has 2 aliphatic rings. The number of rotatable bonds is 0. The van der Waals surface area contributed by atoms with Crippen LogP contribution in [0.2, 0.25) is 0 Å². The molecule has 3 rings (SSSR count). The van der Waals surface area contributed by atoms with Gasteiger partial charge in [-0.25, -0.2) is 0 Å². The molecule has 0 aromatic carbocycles. The minimum absolute atomic E-state index is 0.649. The van der Waals surface area contributed by atoms with E-state index in [1.807, 2.05) is 11.3 Å². The first-order valence-corrected chi connectivity index (χ1v) is 6.09. The third kappa shape index (κ3) is 1.11. The first-order chi connectivity index (χ1) is 6.75. The van der Waals surface area contributed by atoms with Crippen molar-refractivity contribution in [3.05, 3.63) is 33.5 Å². The quantitative estimate of drug-likeness (QED) is 0.589. The van der Waals surface area contributed by atoms with Crippen molar-refractivity contribution in [3.8, 4) is 0 Å². The number of thiophene rings is 1. The lowest BCUT2D eigenvalue weighted by molar-refractivity contribution is 0.174. The Bertz CT molecular complexity index is 391. The third-order valence-corrected chi connectivity index (χ3v) is 4.58. The molecule has 3 heterocycles. The number of nitrogens with zero attached hydrogens (tertiary/aromatic N) is 1. The Morgan fingerprint density at radius 2 is 2.29 bits per heavy atom. The predicted molar refractivity (Wildman–Crippen MR) is 60.7 cm³/mol. The average Bonchev–Trinajstić information content (AvgIpc) is 2.56. The van der Waals surface area contributed by atoms with Gasteiger partial charge in [-0.2, -0.15) is 0 Å². The number of hydrogen-bond donors (Lipinski definition) is 0. The molecule has 0 spiro atoms. The Hall–Kier alpha value is -0.600. The highest BCUT2D eigenvalue weighted by Crippen LogP contribution is 2.42. The van der Waals surface area contributed by atoms with Crippen LogP contribution in [0, 0.1) is 0 Å². The van der Waals surface area contributed by atoms with Gasteiger partial charge < -0.3 is 0 Å². The SMILES string of the molecule is CC1=CC2Cc3ccsc3C(C1)N2C. The molecule has 2 aliphatic heterocycles. The maximum Gasteiger partial charge on any atom is 0.0484 e. The second-order valence-electron chi connectivity index (χ2n) is 4.48. The summed E-state index contributed by atoms with van der Waals surface area (Å²) in [6.45, 7) is 2.27. The normalized spacial score (nSPS) is 31.1. The van der Waals surface area contributed by atoms with Crippen LogP contribution in [0.15, 0.2) is 23.1 Å². The first kappa shape index (κ1) is 8.69. The lowest BCUT2D eigenvalue weighted by atomic mass is 9.86. The van der Waals surface area contributed by atoms with E-state index >= 15 is 0 Å². The molecule has 0 amide bonds. The van der Waals surface area contributed by atoms with Crippen LogP contribution in [0.3, 0.4) is 0 Å². The topological polar surface area (TPSA) is 3.24 Å². The Morgan fingerprint density at radius 1 is 1.43 bits per heavy atom. The van der Waals surface area contributed by atoms with Gasteiger partial charge in [0.15, 0.2) is 0 Å². The van der Waals surface area contributed by atoms with Crippen LogP contribution < -0.4 is 0 Å². The fraction of sp³-hybridized carbons (Fsp3) is 0.500. The van der Waals surface area contributed by atoms with Crippen LogP contribution in [-0.2, 0) is 6.42 Å². The molecule has 0 radical (unpaired) electrons. The van der Waals surface area contributed by atoms with Gasteiger partial charge in [0.2, 0.25) is 0 Å². The summed E-state index contributed by atoms with van der Waals surface area (Å²) in [7, 11) is 2.26. The maximum atomic E-state index is 2.53. The van der Waals surface area contributed by atoms with E-state index in [2.05, 4.69) is 36.4 Å². The molecule has 1 aromatic heterocycles. The zero-order valence-corrected chi connectivity index (χ0v) is 9.47. The molecule has 1 nitrogen and oxygen atoms in total. The molecule has 1 aromatic rings. The fourth-order valence-corrected chi connectivity index (χ4v) is 3.80. The van der Waals surface area contributed by atoms with Gasteiger partial charge in [-0.1, -0.05) is 11.6 Å². The van der Waals surface area contributed by atoms with E-state index in [9.17, 15) is 0 Å². The molecule has 2 heteroatoms. The summed E-state index contributed by atoms with van der Waals surface area (Å²) in [5.41, 5.74) is 3.16. The number of likely N-dealkylation sites (N-methyl/N-ethyl adjacent to an activating group) is 1. The number of fused-ring (bicyclic) bond motifs is 4. The minimum Gasteiger partial charge on any atom is -0.291 e. The molecule has 2 unspecified atom stereocenters. The summed E-state index contributed by atoms with van der Waals surface area (Å²) >= 11 is 1.93. The van der Waals surface area contributed by atoms with Crippen molar-refractivity contribution in [2.75, 3.05) is 7.05 Å². The lowest BCUT2D eigenvalue weighted by Gasteiger charge is -2.42. The van der Waals surface area contributed by atoms with E-state index < -0.39 is 0 Å². The van der Waals surface area contributed by atoms with Crippen LogP contribution >= 0.6 is 11.3 Å². The highest BCUT2D eigenvalue weighted by Gasteiger charge is 2.34. The highest BCUT2D eigenvalue weighted by molar-refractivity contribution is 7.10. The first-order valence-electron chi connectivity index (χ1n) is 5.21. The Labute approximate surface area is 89.0 Å². The van der Waals surface area contributed by atoms with Crippen LogP contribution in [0.5, 0.6) is 0 Å². The van der Waals surface area contributed by atoms with Gasteiger partial charge in [-0.15, -0.1) is 11.3 Å². The van der Waals surface area contributed by atoms with Crippen molar-refractivity contribution in [3.63, 3.8) is 0 Å². The monoisotopic (exact) mass is 205 g/mol. The van der Waals surface area contributed by atoms with E-state index in [-0.39, 0.29) is 0 Å². The standard InChI is InChI=1S/C12H15NS/c1-8-5-10-7-9-3-4-14-12(9)11(6-8)13(10)2/h3-5,10-11H,6-7H2,1-2H3. The zero-order valence-electron chi connectivity index (χ0n) is 8.66. The summed E-state index contributed by atoms with van der Waals surface area (Å²) in [4.78, 5) is 4.14. The molecule has 74 valence electrons. The summed E-state index contributed by atoms with van der Waals surface area (Å²) in [6.07, 6.45) is 4.88. The molecule has 0 aliphatic carbocycles. The van der Waals surface area contributed by atoms with Gasteiger partial charge in [-0.3, -0.25) is 4.90 Å². The summed E-state index contributed by atoms with van der Waals surface area (Å²) in [6, 6.07) is 3.62. The zero-order chi connectivity index (χ0) is 9.71. The van der Waals surface area contributed by atoms with Gasteiger partial charge in [0.1, 0.15) is 0 Å². The molecule has 2 atom stereocenters. The van der Waals surface area contributed by atoms with Crippen LogP contribution in [0.4, 0.5) is 0 Å². The van der Waals surface area contributed by atoms with Crippen molar-refractivity contribution < 1.29 is 0 Å². The summed E-state index contributed by atoms with van der Waals surface area (Å²) in [5.74, 6) is 0. The van der Waals surface area contributed by atoms with Crippen LogP contribution in [0.1, 0.15) is 29.8 Å². The van der Waals surface area contributed by atoms with Gasteiger partial charge >= 0.3 is 0 Å². The molecular weight excluding hydrogens is 190 g/mol. The van der Waals surface area contributed by atoms with Gasteiger partial charge in [0.25, 0.3) is 0 Å². The Balaban J connectivity index is 2.10. The fourth-order valence-electron chi connectivity index (χ4n) is 2.71. The van der Waals surface area contributed by atoms with Crippen LogP contribution in [-0.4, -0.2) is 18.0 Å². The molecule has 2 bridgehead atoms. The Kier molecular flexibility index (Phi) is 1.83. The average molecular weight is 205 g/mol. The summed E-state index contributed by atoms with van der Waals surface area (Å²) < 4.78 is 0. The predicted octanol–water partition coefficient (Wildman–Crippen LogP) is 3.00.